The average Bonchev–Trinajstić information content (AvgIpc) is 2.86. The van der Waals surface area contributed by atoms with Crippen molar-refractivity contribution in [3.8, 4) is 16.9 Å². The minimum Gasteiger partial charge on any atom is -0.491 e. The molecule has 0 fully saturated rings. The Labute approximate surface area is 196 Å². The van der Waals surface area contributed by atoms with E-state index >= 15 is 0 Å². The fourth-order valence-electron chi connectivity index (χ4n) is 4.20. The van der Waals surface area contributed by atoms with Crippen molar-refractivity contribution in [2.75, 3.05) is 6.61 Å². The van der Waals surface area contributed by atoms with Gasteiger partial charge < -0.3 is 4.74 Å². The molecule has 0 spiro atoms. The molecule has 0 aromatic heterocycles. The monoisotopic (exact) mass is 438 g/mol. The molecule has 4 aromatic carbocycles. The van der Waals surface area contributed by atoms with Crippen LogP contribution in [-0.4, -0.2) is 6.61 Å². The molecule has 0 heterocycles. The third-order valence-electron chi connectivity index (χ3n) is 6.15. The molecule has 168 valence electrons. The van der Waals surface area contributed by atoms with Crippen LogP contribution in [0, 0.1) is 5.82 Å². The van der Waals surface area contributed by atoms with Crippen LogP contribution in [0.2, 0.25) is 0 Å². The van der Waals surface area contributed by atoms with Crippen molar-refractivity contribution in [1.29, 1.82) is 0 Å². The summed E-state index contributed by atoms with van der Waals surface area (Å²) in [4.78, 5) is 0. The Morgan fingerprint density at radius 3 is 1.88 bits per heavy atom. The van der Waals surface area contributed by atoms with E-state index in [0.29, 0.717) is 18.3 Å². The van der Waals surface area contributed by atoms with Crippen LogP contribution in [0.5, 0.6) is 5.75 Å². The highest BCUT2D eigenvalue weighted by Gasteiger charge is 2.08. The summed E-state index contributed by atoms with van der Waals surface area (Å²) in [5.74, 6) is 0.498. The number of aryl methyl sites for hydroxylation is 2. The first-order chi connectivity index (χ1) is 16.1. The zero-order valence-electron chi connectivity index (χ0n) is 19.4. The maximum atomic E-state index is 14.2. The predicted molar refractivity (Wildman–Crippen MR) is 135 cm³/mol. The fraction of sp³-hybridized carbons (Fsp3) is 0.226. The van der Waals surface area contributed by atoms with Gasteiger partial charge in [0.2, 0.25) is 0 Å². The van der Waals surface area contributed by atoms with Gasteiger partial charge in [0.05, 0.1) is 6.61 Å². The number of benzene rings is 4. The van der Waals surface area contributed by atoms with Gasteiger partial charge in [-0.3, -0.25) is 0 Å². The molecule has 0 unspecified atom stereocenters. The number of halogens is 1. The molecule has 0 bridgehead atoms. The van der Waals surface area contributed by atoms with Crippen molar-refractivity contribution in [2.45, 2.75) is 39.0 Å². The average molecular weight is 439 g/mol. The van der Waals surface area contributed by atoms with E-state index in [-0.39, 0.29) is 5.82 Å². The molecule has 0 aliphatic rings. The SMILES string of the molecule is CCOc1ccc(-c2ccc(CCc3ccc(C[C@@H](C)c4ccccc4)cc3)cc2)cc1F. The molecule has 0 saturated carbocycles. The lowest BCUT2D eigenvalue weighted by Crippen LogP contribution is -1.99. The Balaban J connectivity index is 1.32. The van der Waals surface area contributed by atoms with Gasteiger partial charge in [0.1, 0.15) is 0 Å². The van der Waals surface area contributed by atoms with Crippen LogP contribution in [0.15, 0.2) is 97.1 Å². The van der Waals surface area contributed by atoms with Crippen LogP contribution < -0.4 is 4.74 Å². The summed E-state index contributed by atoms with van der Waals surface area (Å²) in [5, 5.41) is 0. The molecule has 4 rings (SSSR count). The predicted octanol–water partition coefficient (Wildman–Crippen LogP) is 8.02. The second kappa shape index (κ2) is 11.0. The number of rotatable bonds is 9. The van der Waals surface area contributed by atoms with Crippen LogP contribution in [-0.2, 0) is 19.3 Å². The lowest BCUT2D eigenvalue weighted by atomic mass is 9.93. The van der Waals surface area contributed by atoms with E-state index < -0.39 is 0 Å². The Morgan fingerprint density at radius 2 is 1.27 bits per heavy atom. The molecule has 4 aromatic rings. The molecule has 1 atom stereocenters. The van der Waals surface area contributed by atoms with Crippen molar-refractivity contribution >= 4 is 0 Å². The van der Waals surface area contributed by atoms with Gasteiger partial charge in [-0.15, -0.1) is 0 Å². The first kappa shape index (κ1) is 22.8. The third kappa shape index (κ3) is 6.10. The van der Waals surface area contributed by atoms with Crippen molar-refractivity contribution in [3.63, 3.8) is 0 Å². The van der Waals surface area contributed by atoms with E-state index in [0.717, 1.165) is 30.4 Å². The molecule has 0 amide bonds. The zero-order chi connectivity index (χ0) is 23.0. The summed E-state index contributed by atoms with van der Waals surface area (Å²) in [5.41, 5.74) is 7.27. The number of ether oxygens (including phenoxy) is 1. The van der Waals surface area contributed by atoms with E-state index in [1.807, 2.05) is 13.0 Å². The summed E-state index contributed by atoms with van der Waals surface area (Å²) < 4.78 is 19.5. The Hall–Kier alpha value is -3.39. The second-order valence-electron chi connectivity index (χ2n) is 8.61. The summed E-state index contributed by atoms with van der Waals surface area (Å²) in [6, 6.07) is 33.3. The highest BCUT2D eigenvalue weighted by Crippen LogP contribution is 2.26. The third-order valence-corrected chi connectivity index (χ3v) is 6.15. The van der Waals surface area contributed by atoms with E-state index in [1.54, 1.807) is 12.1 Å². The maximum absolute atomic E-state index is 14.2. The van der Waals surface area contributed by atoms with Crippen LogP contribution in [0.25, 0.3) is 11.1 Å². The minimum absolute atomic E-state index is 0.304. The highest BCUT2D eigenvalue weighted by atomic mass is 19.1. The standard InChI is InChI=1S/C31H31FO/c1-3-33-31-20-19-29(22-30(31)32)28-17-15-25(16-18-28)10-9-24-11-13-26(14-12-24)21-23(2)27-7-5-4-6-8-27/h4-8,11-20,22-23H,3,9-10,21H2,1-2H3/t23-/m1/s1. The van der Waals surface area contributed by atoms with Gasteiger partial charge >= 0.3 is 0 Å². The Kier molecular flexibility index (Phi) is 7.57. The molecule has 33 heavy (non-hydrogen) atoms. The molecule has 0 radical (unpaired) electrons. The first-order valence-corrected chi connectivity index (χ1v) is 11.8. The van der Waals surface area contributed by atoms with Crippen molar-refractivity contribution in [3.05, 3.63) is 125 Å². The lowest BCUT2D eigenvalue weighted by Gasteiger charge is -2.12. The van der Waals surface area contributed by atoms with Crippen molar-refractivity contribution in [1.82, 2.24) is 0 Å². The quantitative estimate of drug-likeness (QED) is 0.257. The molecular weight excluding hydrogens is 407 g/mol. The van der Waals surface area contributed by atoms with E-state index in [1.165, 1.54) is 22.3 Å². The molecule has 0 aliphatic carbocycles. The molecule has 1 nitrogen and oxygen atoms in total. The lowest BCUT2D eigenvalue weighted by molar-refractivity contribution is 0.321. The second-order valence-corrected chi connectivity index (χ2v) is 8.61. The smallest absolute Gasteiger partial charge is 0.165 e. The van der Waals surface area contributed by atoms with E-state index in [4.69, 9.17) is 4.74 Å². The van der Waals surface area contributed by atoms with Gasteiger partial charge in [-0.25, -0.2) is 4.39 Å². The molecule has 0 N–H and O–H groups in total. The fourth-order valence-corrected chi connectivity index (χ4v) is 4.20. The van der Waals surface area contributed by atoms with Gasteiger partial charge in [0, 0.05) is 0 Å². The summed E-state index contributed by atoms with van der Waals surface area (Å²) in [7, 11) is 0. The first-order valence-electron chi connectivity index (χ1n) is 11.8. The van der Waals surface area contributed by atoms with Crippen LogP contribution in [0.4, 0.5) is 4.39 Å². The molecule has 0 saturated heterocycles. The normalized spacial score (nSPS) is 11.8. The van der Waals surface area contributed by atoms with Gasteiger partial charge in [0.15, 0.2) is 11.6 Å². The highest BCUT2D eigenvalue weighted by molar-refractivity contribution is 5.64. The van der Waals surface area contributed by atoms with Gasteiger partial charge in [-0.2, -0.15) is 0 Å². The Morgan fingerprint density at radius 1 is 0.697 bits per heavy atom. The number of hydrogen-bond donors (Lipinski definition) is 0. The van der Waals surface area contributed by atoms with Crippen LogP contribution in [0.3, 0.4) is 0 Å². The van der Waals surface area contributed by atoms with Gasteiger partial charge in [0.25, 0.3) is 0 Å². The zero-order valence-corrected chi connectivity index (χ0v) is 19.4. The largest absolute Gasteiger partial charge is 0.491 e. The number of hydrogen-bond acceptors (Lipinski definition) is 1. The Bertz CT molecular complexity index is 1150. The summed E-state index contributed by atoms with van der Waals surface area (Å²) in [6.07, 6.45) is 3.04. The van der Waals surface area contributed by atoms with E-state index in [2.05, 4.69) is 85.8 Å². The molecular formula is C31H31FO. The van der Waals surface area contributed by atoms with Crippen LogP contribution >= 0.6 is 0 Å². The van der Waals surface area contributed by atoms with Crippen molar-refractivity contribution in [2.24, 2.45) is 0 Å². The minimum atomic E-state index is -0.319. The van der Waals surface area contributed by atoms with Crippen LogP contribution in [0.1, 0.15) is 42.0 Å². The van der Waals surface area contributed by atoms with E-state index in [9.17, 15) is 4.39 Å². The topological polar surface area (TPSA) is 9.23 Å². The molecule has 0 aliphatic heterocycles. The molecule has 2 heteroatoms. The van der Waals surface area contributed by atoms with Crippen molar-refractivity contribution < 1.29 is 9.13 Å². The summed E-state index contributed by atoms with van der Waals surface area (Å²) in [6.45, 7) is 4.60. The van der Waals surface area contributed by atoms with Gasteiger partial charge in [-0.05, 0) is 77.6 Å². The maximum Gasteiger partial charge on any atom is 0.165 e. The summed E-state index contributed by atoms with van der Waals surface area (Å²) >= 11 is 0. The van der Waals surface area contributed by atoms with Gasteiger partial charge in [-0.1, -0.05) is 91.9 Å².